The number of carbonyl (C=O) groups excluding carboxylic acids is 1. The van der Waals surface area contributed by atoms with Crippen LogP contribution in [0.5, 0.6) is 11.5 Å². The van der Waals surface area contributed by atoms with E-state index >= 15 is 0 Å². The van der Waals surface area contributed by atoms with Crippen molar-refractivity contribution < 1.29 is 19.1 Å². The number of amidine groups is 1. The van der Waals surface area contributed by atoms with E-state index in [4.69, 9.17) is 31.6 Å². The molecule has 0 aliphatic rings. The smallest absolute Gasteiger partial charge is 0.372 e. The first-order chi connectivity index (χ1) is 11.6. The summed E-state index contributed by atoms with van der Waals surface area (Å²) in [6.07, 6.45) is 0.348. The van der Waals surface area contributed by atoms with Crippen molar-refractivity contribution in [2.24, 2.45) is 10.9 Å². The Labute approximate surface area is 144 Å². The molecule has 0 aromatic heterocycles. The molecule has 0 atom stereocenters. The average Bonchev–Trinajstić information content (AvgIpc) is 2.60. The van der Waals surface area contributed by atoms with Crippen molar-refractivity contribution in [3.05, 3.63) is 59.1 Å². The number of nitrogens with two attached hydrogens (primary N) is 1. The third-order valence-corrected chi connectivity index (χ3v) is 3.21. The molecule has 0 bridgehead atoms. The van der Waals surface area contributed by atoms with Crippen molar-refractivity contribution in [1.29, 1.82) is 0 Å². The van der Waals surface area contributed by atoms with Crippen LogP contribution < -0.4 is 15.2 Å². The summed E-state index contributed by atoms with van der Waals surface area (Å²) < 4.78 is 10.4. The zero-order valence-corrected chi connectivity index (χ0v) is 13.8. The van der Waals surface area contributed by atoms with E-state index in [1.165, 1.54) is 0 Å². The maximum atomic E-state index is 11.6. The minimum atomic E-state index is -0.656. The highest BCUT2D eigenvalue weighted by molar-refractivity contribution is 6.30. The summed E-state index contributed by atoms with van der Waals surface area (Å²) in [6, 6.07) is 14.0. The van der Waals surface area contributed by atoms with Gasteiger partial charge in [0.1, 0.15) is 17.3 Å². The highest BCUT2D eigenvalue weighted by Crippen LogP contribution is 2.18. The zero-order chi connectivity index (χ0) is 17.4. The summed E-state index contributed by atoms with van der Waals surface area (Å²) >= 11 is 5.80. The van der Waals surface area contributed by atoms with Gasteiger partial charge in [0, 0.05) is 17.5 Å². The van der Waals surface area contributed by atoms with Gasteiger partial charge in [-0.25, -0.2) is 4.79 Å². The lowest BCUT2D eigenvalue weighted by Gasteiger charge is -2.06. The maximum Gasteiger partial charge on any atom is 0.372 e. The first kappa shape index (κ1) is 17.6. The first-order valence-corrected chi connectivity index (χ1v) is 7.48. The largest absolute Gasteiger partial charge is 0.497 e. The molecule has 0 unspecified atom stereocenters. The van der Waals surface area contributed by atoms with Gasteiger partial charge in [-0.2, -0.15) is 0 Å². The van der Waals surface area contributed by atoms with Crippen LogP contribution in [-0.2, 0) is 16.1 Å². The fourth-order valence-corrected chi connectivity index (χ4v) is 1.94. The molecular formula is C17H17ClN2O4. The molecule has 0 fully saturated rings. The molecule has 0 aliphatic heterocycles. The van der Waals surface area contributed by atoms with Crippen molar-refractivity contribution in [1.82, 2.24) is 0 Å². The average molecular weight is 349 g/mol. The number of rotatable bonds is 7. The van der Waals surface area contributed by atoms with Crippen LogP contribution in [-0.4, -0.2) is 25.5 Å². The van der Waals surface area contributed by atoms with Gasteiger partial charge in [-0.15, -0.1) is 0 Å². The Balaban J connectivity index is 1.79. The van der Waals surface area contributed by atoms with Gasteiger partial charge in [0.05, 0.1) is 7.11 Å². The van der Waals surface area contributed by atoms with Gasteiger partial charge in [-0.3, -0.25) is 0 Å². The molecule has 24 heavy (non-hydrogen) atoms. The first-order valence-electron chi connectivity index (χ1n) is 7.10. The highest BCUT2D eigenvalue weighted by atomic mass is 35.5. The predicted octanol–water partition coefficient (Wildman–Crippen LogP) is 2.79. The van der Waals surface area contributed by atoms with Crippen LogP contribution in [0.1, 0.15) is 5.56 Å². The summed E-state index contributed by atoms with van der Waals surface area (Å²) in [7, 11) is 1.55. The molecule has 0 radical (unpaired) electrons. The van der Waals surface area contributed by atoms with Gasteiger partial charge in [0.15, 0.2) is 6.61 Å². The number of nitrogens with zero attached hydrogens (tertiary/aromatic N) is 1. The monoisotopic (exact) mass is 348 g/mol. The summed E-state index contributed by atoms with van der Waals surface area (Å²) in [4.78, 5) is 16.3. The van der Waals surface area contributed by atoms with Crippen molar-refractivity contribution >= 4 is 23.4 Å². The lowest BCUT2D eigenvalue weighted by molar-refractivity contribution is -0.146. The van der Waals surface area contributed by atoms with Crippen LogP contribution in [0, 0.1) is 0 Å². The third kappa shape index (κ3) is 5.81. The Bertz CT molecular complexity index is 717. The molecule has 2 rings (SSSR count). The number of hydrogen-bond donors (Lipinski definition) is 1. The highest BCUT2D eigenvalue weighted by Gasteiger charge is 2.06. The molecule has 6 nitrogen and oxygen atoms in total. The SMILES string of the molecule is COc1cccc(OCC(=O)O/N=C(/N)Cc2ccc(Cl)cc2)c1. The zero-order valence-electron chi connectivity index (χ0n) is 13.1. The van der Waals surface area contributed by atoms with Crippen LogP contribution in [0.4, 0.5) is 0 Å². The van der Waals surface area contributed by atoms with Crippen LogP contribution in [0.15, 0.2) is 53.7 Å². The van der Waals surface area contributed by atoms with Gasteiger partial charge >= 0.3 is 5.97 Å². The topological polar surface area (TPSA) is 83.1 Å². The molecule has 2 aromatic rings. The van der Waals surface area contributed by atoms with Crippen LogP contribution >= 0.6 is 11.6 Å². The number of methoxy groups -OCH3 is 1. The van der Waals surface area contributed by atoms with E-state index in [-0.39, 0.29) is 12.4 Å². The molecule has 126 valence electrons. The van der Waals surface area contributed by atoms with E-state index in [9.17, 15) is 4.79 Å². The Morgan fingerprint density at radius 3 is 2.58 bits per heavy atom. The standard InChI is InChI=1S/C17H17ClN2O4/c1-22-14-3-2-4-15(10-14)23-11-17(21)24-20-16(19)9-12-5-7-13(18)8-6-12/h2-8,10H,9,11H2,1H3,(H2,19,20). The normalized spacial score (nSPS) is 11.0. The van der Waals surface area contributed by atoms with E-state index in [2.05, 4.69) is 5.16 Å². The number of halogens is 1. The quantitative estimate of drug-likeness (QED) is 0.360. The van der Waals surface area contributed by atoms with Crippen molar-refractivity contribution in [2.45, 2.75) is 6.42 Å². The molecule has 7 heteroatoms. The molecule has 0 spiro atoms. The van der Waals surface area contributed by atoms with Crippen LogP contribution in [0.2, 0.25) is 5.02 Å². The van der Waals surface area contributed by atoms with Gasteiger partial charge in [0.2, 0.25) is 0 Å². The molecule has 2 aromatic carbocycles. The molecule has 2 N–H and O–H groups in total. The Hall–Kier alpha value is -2.73. The van der Waals surface area contributed by atoms with Gasteiger partial charge in [0.25, 0.3) is 0 Å². The van der Waals surface area contributed by atoms with E-state index < -0.39 is 5.97 Å². The van der Waals surface area contributed by atoms with Crippen molar-refractivity contribution in [3.8, 4) is 11.5 Å². The second kappa shape index (κ2) is 8.79. The minimum absolute atomic E-state index is 0.173. The second-order valence-corrected chi connectivity index (χ2v) is 5.25. The lowest BCUT2D eigenvalue weighted by Crippen LogP contribution is -2.18. The maximum absolute atomic E-state index is 11.6. The van der Waals surface area contributed by atoms with Crippen LogP contribution in [0.25, 0.3) is 0 Å². The Morgan fingerprint density at radius 2 is 1.88 bits per heavy atom. The fourth-order valence-electron chi connectivity index (χ4n) is 1.81. The third-order valence-electron chi connectivity index (χ3n) is 2.96. The van der Waals surface area contributed by atoms with Gasteiger partial charge < -0.3 is 20.0 Å². The van der Waals surface area contributed by atoms with Crippen LogP contribution in [0.3, 0.4) is 0 Å². The molecule has 0 amide bonds. The number of carbonyl (C=O) groups is 1. The Morgan fingerprint density at radius 1 is 1.17 bits per heavy atom. The number of benzene rings is 2. The molecular weight excluding hydrogens is 332 g/mol. The van der Waals surface area contributed by atoms with E-state index in [1.807, 2.05) is 12.1 Å². The minimum Gasteiger partial charge on any atom is -0.497 e. The van der Waals surface area contributed by atoms with E-state index in [0.717, 1.165) is 5.56 Å². The number of oxime groups is 1. The molecule has 0 saturated heterocycles. The van der Waals surface area contributed by atoms with Gasteiger partial charge in [-0.05, 0) is 29.8 Å². The molecule has 0 heterocycles. The molecule has 0 saturated carbocycles. The Kier molecular flexibility index (Phi) is 6.45. The predicted molar refractivity (Wildman–Crippen MR) is 91.4 cm³/mol. The van der Waals surface area contributed by atoms with Gasteiger partial charge in [-0.1, -0.05) is 35.0 Å². The second-order valence-electron chi connectivity index (χ2n) is 4.82. The number of hydrogen-bond acceptors (Lipinski definition) is 5. The molecule has 0 aliphatic carbocycles. The summed E-state index contributed by atoms with van der Waals surface area (Å²) in [5, 5.41) is 4.23. The number of ether oxygens (including phenoxy) is 2. The summed E-state index contributed by atoms with van der Waals surface area (Å²) in [6.45, 7) is -0.287. The summed E-state index contributed by atoms with van der Waals surface area (Å²) in [5.41, 5.74) is 6.63. The van der Waals surface area contributed by atoms with E-state index in [0.29, 0.717) is 22.9 Å². The lowest BCUT2D eigenvalue weighted by atomic mass is 10.1. The van der Waals surface area contributed by atoms with Crippen molar-refractivity contribution in [2.75, 3.05) is 13.7 Å². The van der Waals surface area contributed by atoms with Crippen molar-refractivity contribution in [3.63, 3.8) is 0 Å². The van der Waals surface area contributed by atoms with E-state index in [1.54, 1.807) is 43.5 Å². The fraction of sp³-hybridized carbons (Fsp3) is 0.176. The summed E-state index contributed by atoms with van der Waals surface area (Å²) in [5.74, 6) is 0.638.